The predicted molar refractivity (Wildman–Crippen MR) is 128 cm³/mol. The summed E-state index contributed by atoms with van der Waals surface area (Å²) in [5.41, 5.74) is 4.94. The largest absolute Gasteiger partial charge is 0.489 e. The van der Waals surface area contributed by atoms with E-state index in [1.807, 2.05) is 6.07 Å². The fraction of sp³-hybridized carbons (Fsp3) is 0.400. The van der Waals surface area contributed by atoms with Gasteiger partial charge in [0.15, 0.2) is 0 Å². The van der Waals surface area contributed by atoms with Crippen molar-refractivity contribution in [3.05, 3.63) is 58.7 Å². The van der Waals surface area contributed by atoms with E-state index in [9.17, 15) is 14.4 Å². The standard InChI is InChI=1S/C25H28BN3O5/c26-20-12-16(4-5-17(20)13-28-8-10-33-11-9-28)15-34-22-3-1-2-18-19(22)14-29(25(18)32)21-6-7-23(30)27-24(21)31/h1-5,12,21H,6-11,13-15,26H2,(H,27,30,31). The van der Waals surface area contributed by atoms with Gasteiger partial charge in [-0.2, -0.15) is 0 Å². The molecule has 0 saturated carbocycles. The Morgan fingerprint density at radius 1 is 1.12 bits per heavy atom. The number of benzene rings is 2. The van der Waals surface area contributed by atoms with Crippen LogP contribution in [0.25, 0.3) is 0 Å². The molecule has 0 aliphatic carbocycles. The van der Waals surface area contributed by atoms with E-state index in [2.05, 4.69) is 36.3 Å². The number of amides is 3. The van der Waals surface area contributed by atoms with Gasteiger partial charge in [0.2, 0.25) is 11.8 Å². The third kappa shape index (κ3) is 4.58. The molecule has 3 aliphatic heterocycles. The number of hydrogen-bond acceptors (Lipinski definition) is 6. The lowest BCUT2D eigenvalue weighted by Crippen LogP contribution is -2.52. The number of imide groups is 1. The minimum Gasteiger partial charge on any atom is -0.489 e. The van der Waals surface area contributed by atoms with Gasteiger partial charge in [0.1, 0.15) is 26.2 Å². The van der Waals surface area contributed by atoms with Crippen LogP contribution in [0.4, 0.5) is 0 Å². The predicted octanol–water partition coefficient (Wildman–Crippen LogP) is 0.117. The highest BCUT2D eigenvalue weighted by molar-refractivity contribution is 6.33. The monoisotopic (exact) mass is 461 g/mol. The van der Waals surface area contributed by atoms with Gasteiger partial charge in [-0.1, -0.05) is 29.7 Å². The normalized spacial score (nSPS) is 20.9. The summed E-state index contributed by atoms with van der Waals surface area (Å²) in [6.07, 6.45) is 0.581. The zero-order valence-corrected chi connectivity index (χ0v) is 19.3. The second kappa shape index (κ2) is 9.60. The minimum atomic E-state index is -0.632. The molecule has 2 aromatic carbocycles. The lowest BCUT2D eigenvalue weighted by atomic mass is 9.88. The maximum Gasteiger partial charge on any atom is 0.255 e. The van der Waals surface area contributed by atoms with Gasteiger partial charge in [-0.05, 0) is 29.7 Å². The van der Waals surface area contributed by atoms with Gasteiger partial charge >= 0.3 is 0 Å². The zero-order chi connectivity index (χ0) is 23.7. The second-order valence-electron chi connectivity index (χ2n) is 9.12. The van der Waals surface area contributed by atoms with Crippen LogP contribution < -0.4 is 15.5 Å². The average Bonchev–Trinajstić information content (AvgIpc) is 3.17. The molecule has 3 aliphatic rings. The summed E-state index contributed by atoms with van der Waals surface area (Å²) < 4.78 is 11.6. The van der Waals surface area contributed by atoms with E-state index in [4.69, 9.17) is 9.47 Å². The third-order valence-corrected chi connectivity index (χ3v) is 6.84. The lowest BCUT2D eigenvalue weighted by Gasteiger charge is -2.29. The van der Waals surface area contributed by atoms with Gasteiger partial charge in [0.25, 0.3) is 5.91 Å². The van der Waals surface area contributed by atoms with E-state index in [1.54, 1.807) is 17.0 Å². The molecule has 5 rings (SSSR count). The van der Waals surface area contributed by atoms with Crippen LogP contribution in [0.1, 0.15) is 39.9 Å². The van der Waals surface area contributed by atoms with Crippen molar-refractivity contribution >= 4 is 31.0 Å². The summed E-state index contributed by atoms with van der Waals surface area (Å²) >= 11 is 0. The number of hydrogen-bond donors (Lipinski definition) is 1. The third-order valence-electron chi connectivity index (χ3n) is 6.84. The average molecular weight is 461 g/mol. The van der Waals surface area contributed by atoms with Gasteiger partial charge in [0.05, 0.1) is 19.8 Å². The van der Waals surface area contributed by atoms with Crippen molar-refractivity contribution in [1.82, 2.24) is 15.1 Å². The second-order valence-corrected chi connectivity index (χ2v) is 9.12. The molecule has 3 amide bonds. The summed E-state index contributed by atoms with van der Waals surface area (Å²) in [4.78, 5) is 40.7. The lowest BCUT2D eigenvalue weighted by molar-refractivity contribution is -0.136. The van der Waals surface area contributed by atoms with E-state index >= 15 is 0 Å². The highest BCUT2D eigenvalue weighted by Gasteiger charge is 2.40. The highest BCUT2D eigenvalue weighted by Crippen LogP contribution is 2.33. The van der Waals surface area contributed by atoms with Crippen LogP contribution in [-0.2, 0) is 34.0 Å². The highest BCUT2D eigenvalue weighted by atomic mass is 16.5. The summed E-state index contributed by atoms with van der Waals surface area (Å²) in [5.74, 6) is -0.248. The number of fused-ring (bicyclic) bond motifs is 1. The smallest absolute Gasteiger partial charge is 0.255 e. The fourth-order valence-corrected chi connectivity index (χ4v) is 4.88. The van der Waals surface area contributed by atoms with Gasteiger partial charge in [-0.25, -0.2) is 0 Å². The van der Waals surface area contributed by atoms with Crippen molar-refractivity contribution in [3.8, 4) is 5.75 Å². The van der Waals surface area contributed by atoms with Crippen molar-refractivity contribution in [1.29, 1.82) is 0 Å². The molecule has 1 N–H and O–H groups in total. The molecular formula is C25H28BN3O5. The molecular weight excluding hydrogens is 433 g/mol. The molecule has 2 aromatic rings. The number of carbonyl (C=O) groups excluding carboxylic acids is 3. The van der Waals surface area contributed by atoms with Crippen LogP contribution in [0.15, 0.2) is 36.4 Å². The number of nitrogens with one attached hydrogen (secondary N) is 1. The molecule has 2 fully saturated rings. The molecule has 9 heteroatoms. The van der Waals surface area contributed by atoms with Crippen LogP contribution in [0.5, 0.6) is 5.75 Å². The Bertz CT molecular complexity index is 1130. The van der Waals surface area contributed by atoms with Gasteiger partial charge in [-0.3, -0.25) is 24.6 Å². The minimum absolute atomic E-state index is 0.196. The molecule has 1 unspecified atom stereocenters. The first kappa shape index (κ1) is 22.6. The maximum atomic E-state index is 13.0. The van der Waals surface area contributed by atoms with Crippen molar-refractivity contribution in [3.63, 3.8) is 0 Å². The van der Waals surface area contributed by atoms with E-state index < -0.39 is 11.9 Å². The van der Waals surface area contributed by atoms with Crippen LogP contribution in [0, 0.1) is 0 Å². The van der Waals surface area contributed by atoms with Gasteiger partial charge in [-0.15, -0.1) is 0 Å². The molecule has 34 heavy (non-hydrogen) atoms. The van der Waals surface area contributed by atoms with E-state index in [0.29, 0.717) is 30.9 Å². The van der Waals surface area contributed by atoms with Crippen LogP contribution in [-0.4, -0.2) is 67.7 Å². The molecule has 8 nitrogen and oxygen atoms in total. The Kier molecular flexibility index (Phi) is 6.39. The Hall–Kier alpha value is -3.17. The van der Waals surface area contributed by atoms with Crippen molar-refractivity contribution < 1.29 is 23.9 Å². The summed E-state index contributed by atoms with van der Waals surface area (Å²) in [6, 6.07) is 11.2. The molecule has 0 bridgehead atoms. The van der Waals surface area contributed by atoms with Crippen LogP contribution >= 0.6 is 0 Å². The maximum absolute atomic E-state index is 13.0. The number of piperidine rings is 1. The Balaban J connectivity index is 1.26. The van der Waals surface area contributed by atoms with E-state index in [-0.39, 0.29) is 18.2 Å². The molecule has 176 valence electrons. The number of rotatable bonds is 6. The number of morpholine rings is 1. The number of nitrogens with zero attached hydrogens (tertiary/aromatic N) is 2. The summed E-state index contributed by atoms with van der Waals surface area (Å²) in [5, 5.41) is 2.34. The fourth-order valence-electron chi connectivity index (χ4n) is 4.88. The number of ether oxygens (including phenoxy) is 2. The SMILES string of the molecule is Bc1cc(COc2cccc3c2CN(C2CCC(=O)NC2=O)C3=O)ccc1CN1CCOCC1. The molecule has 3 heterocycles. The van der Waals surface area contributed by atoms with E-state index in [0.717, 1.165) is 44.0 Å². The van der Waals surface area contributed by atoms with Crippen LogP contribution in [0.3, 0.4) is 0 Å². The number of carbonyl (C=O) groups is 3. The topological polar surface area (TPSA) is 88.2 Å². The Morgan fingerprint density at radius 3 is 2.71 bits per heavy atom. The summed E-state index contributed by atoms with van der Waals surface area (Å²) in [7, 11) is 2.12. The van der Waals surface area contributed by atoms with E-state index in [1.165, 1.54) is 11.0 Å². The van der Waals surface area contributed by atoms with Gasteiger partial charge < -0.3 is 14.4 Å². The van der Waals surface area contributed by atoms with Crippen molar-refractivity contribution in [2.75, 3.05) is 26.3 Å². The quantitative estimate of drug-likeness (QED) is 0.486. The molecule has 0 radical (unpaired) electrons. The first-order valence-corrected chi connectivity index (χ1v) is 11.8. The van der Waals surface area contributed by atoms with Crippen molar-refractivity contribution in [2.45, 2.75) is 38.6 Å². The molecule has 1 atom stereocenters. The molecule has 2 saturated heterocycles. The molecule has 0 aromatic heterocycles. The Labute approximate surface area is 199 Å². The summed E-state index contributed by atoms with van der Waals surface area (Å²) in [6.45, 7) is 5.10. The first-order valence-electron chi connectivity index (χ1n) is 11.8. The van der Waals surface area contributed by atoms with Crippen molar-refractivity contribution in [2.24, 2.45) is 0 Å². The van der Waals surface area contributed by atoms with Gasteiger partial charge in [0, 0.05) is 37.2 Å². The van der Waals surface area contributed by atoms with Crippen LogP contribution in [0.2, 0.25) is 0 Å². The Morgan fingerprint density at radius 2 is 1.94 bits per heavy atom. The first-order chi connectivity index (χ1) is 16.5. The molecule has 0 spiro atoms. The zero-order valence-electron chi connectivity index (χ0n) is 19.3.